The van der Waals surface area contributed by atoms with Gasteiger partial charge in [-0.05, 0) is 74.2 Å². The highest BCUT2D eigenvalue weighted by Crippen LogP contribution is 2.45. The van der Waals surface area contributed by atoms with E-state index in [4.69, 9.17) is 14.7 Å². The van der Waals surface area contributed by atoms with Gasteiger partial charge in [-0.25, -0.2) is 4.98 Å². The van der Waals surface area contributed by atoms with Crippen LogP contribution in [0.3, 0.4) is 0 Å². The Morgan fingerprint density at radius 2 is 1.69 bits per heavy atom. The second-order valence-corrected chi connectivity index (χ2v) is 18.2. The van der Waals surface area contributed by atoms with E-state index in [2.05, 4.69) is 31.9 Å². The molecule has 0 aliphatic carbocycles. The number of likely N-dealkylation sites (tertiary alicyclic amines) is 1. The second-order valence-electron chi connectivity index (χ2n) is 18.2. The Labute approximate surface area is 375 Å². The van der Waals surface area contributed by atoms with Gasteiger partial charge < -0.3 is 24.0 Å². The van der Waals surface area contributed by atoms with Gasteiger partial charge in [0, 0.05) is 112 Å². The molecule has 0 bridgehead atoms. The van der Waals surface area contributed by atoms with Crippen molar-refractivity contribution in [2.24, 2.45) is 5.41 Å². The van der Waals surface area contributed by atoms with Gasteiger partial charge in [0.2, 0.25) is 24.1 Å². The van der Waals surface area contributed by atoms with Gasteiger partial charge in [-0.2, -0.15) is 0 Å². The van der Waals surface area contributed by atoms with Crippen molar-refractivity contribution in [2.75, 3.05) is 50.8 Å². The van der Waals surface area contributed by atoms with Crippen LogP contribution in [0.4, 0.5) is 5.69 Å². The number of imidazole rings is 1. The molecule has 10 rings (SSSR count). The highest BCUT2D eigenvalue weighted by atomic mass is 16.5. The number of nitrogens with one attached hydrogen (secondary N) is 1. The van der Waals surface area contributed by atoms with Crippen LogP contribution in [0.2, 0.25) is 0 Å². The van der Waals surface area contributed by atoms with Gasteiger partial charge in [-0.15, -0.1) is 0 Å². The number of pyridine rings is 2. The van der Waals surface area contributed by atoms with Gasteiger partial charge in [0.25, 0.3) is 11.8 Å². The Hall–Kier alpha value is -6.81. The van der Waals surface area contributed by atoms with Gasteiger partial charge in [0.15, 0.2) is 0 Å². The molecule has 8 heterocycles. The SMILES string of the molecule is CC(=O)N1CCn2c(C3CCOCC3)nc(-c3cccc4cc(-c5ccc(C(=O)N6CCC7(CC6)CN(c6cccc(C)c6C(=O)N(C=O)C6CCC(=O)NC6=O)C7)nc5)ncc34)c2C1. The number of aryl methyl sites for hydroxylation is 1. The number of carbonyl (C=O) groups is 6. The van der Waals surface area contributed by atoms with Crippen LogP contribution in [-0.4, -0.2) is 122 Å². The van der Waals surface area contributed by atoms with Crippen molar-refractivity contribution >= 4 is 52.4 Å². The number of ether oxygens (including phenoxy) is 1. The first-order chi connectivity index (χ1) is 31.5. The summed E-state index contributed by atoms with van der Waals surface area (Å²) in [5.41, 5.74) is 6.53. The molecule has 16 heteroatoms. The van der Waals surface area contributed by atoms with E-state index in [-0.39, 0.29) is 30.1 Å². The summed E-state index contributed by atoms with van der Waals surface area (Å²) >= 11 is 0. The molecule has 1 unspecified atom stereocenters. The van der Waals surface area contributed by atoms with Crippen molar-refractivity contribution in [3.8, 4) is 22.5 Å². The normalized spacial score (nSPS) is 19.7. The van der Waals surface area contributed by atoms with E-state index < -0.39 is 23.8 Å². The highest BCUT2D eigenvalue weighted by Gasteiger charge is 2.47. The molecule has 5 aromatic rings. The number of rotatable bonds is 8. The minimum absolute atomic E-state index is 0.0349. The molecule has 0 radical (unpaired) electrons. The number of hydrogen-bond donors (Lipinski definition) is 1. The van der Waals surface area contributed by atoms with E-state index >= 15 is 0 Å². The van der Waals surface area contributed by atoms with Crippen molar-refractivity contribution in [3.05, 3.63) is 95.3 Å². The Bertz CT molecular complexity index is 2750. The predicted octanol–water partition coefficient (Wildman–Crippen LogP) is 4.87. The van der Waals surface area contributed by atoms with Gasteiger partial charge >= 0.3 is 0 Å². The van der Waals surface area contributed by atoms with E-state index in [0.717, 1.165) is 88.6 Å². The lowest BCUT2D eigenvalue weighted by Gasteiger charge is -2.55. The van der Waals surface area contributed by atoms with Crippen LogP contribution in [0.1, 0.15) is 89.3 Å². The predicted molar refractivity (Wildman–Crippen MR) is 239 cm³/mol. The van der Waals surface area contributed by atoms with Crippen LogP contribution in [0.25, 0.3) is 33.3 Å². The number of nitrogens with zero attached hydrogens (tertiary/aromatic N) is 8. The smallest absolute Gasteiger partial charge is 0.272 e. The number of fused-ring (bicyclic) bond motifs is 2. The maximum Gasteiger partial charge on any atom is 0.272 e. The number of piperidine rings is 2. The lowest BCUT2D eigenvalue weighted by atomic mass is 9.71. The second kappa shape index (κ2) is 17.0. The van der Waals surface area contributed by atoms with Crippen LogP contribution in [0.5, 0.6) is 0 Å². The summed E-state index contributed by atoms with van der Waals surface area (Å²) in [6.07, 6.45) is 7.52. The molecule has 1 spiro atoms. The third-order valence-electron chi connectivity index (χ3n) is 14.2. The number of benzene rings is 2. The Morgan fingerprint density at radius 1 is 0.908 bits per heavy atom. The standard InChI is InChI=1S/C49H51N9O7/c1-30-5-3-8-39(43(30)48(64)58(29-59)40-11-12-42(61)52-46(40)62)56-27-49(28-56)15-17-54(18-16-49)47(63)37-10-9-34(24-50-37)38-23-33-6-4-7-35(36(33)25-51-38)44-41-26-55(31(2)60)19-20-57(41)45(53-44)32-13-21-65-22-14-32/h3-10,23-25,29,32,40H,11-22,26-28H2,1-2H3,(H,52,61,62). The first-order valence-electron chi connectivity index (χ1n) is 22.5. The molecule has 1 atom stereocenters. The number of anilines is 1. The number of amides is 6. The number of hydrogen-bond acceptors (Lipinski definition) is 11. The minimum Gasteiger partial charge on any atom is -0.381 e. The summed E-state index contributed by atoms with van der Waals surface area (Å²) in [6, 6.07) is 16.4. The molecular weight excluding hydrogens is 827 g/mol. The number of imide groups is 2. The van der Waals surface area contributed by atoms with Gasteiger partial charge in [-0.3, -0.25) is 49.0 Å². The number of carbonyl (C=O) groups excluding carboxylic acids is 6. The average Bonchev–Trinajstić information content (AvgIpc) is 3.70. The van der Waals surface area contributed by atoms with Gasteiger partial charge in [-0.1, -0.05) is 30.3 Å². The Kier molecular flexibility index (Phi) is 11.0. The summed E-state index contributed by atoms with van der Waals surface area (Å²) in [7, 11) is 0. The van der Waals surface area contributed by atoms with Crippen molar-refractivity contribution in [2.45, 2.75) is 77.4 Å². The topological polar surface area (TPSA) is 180 Å². The molecule has 4 fully saturated rings. The fourth-order valence-electron chi connectivity index (χ4n) is 10.5. The lowest BCUT2D eigenvalue weighted by Crippen LogP contribution is -2.61. The van der Waals surface area contributed by atoms with Crippen LogP contribution in [0, 0.1) is 12.3 Å². The molecule has 0 saturated carbocycles. The maximum absolute atomic E-state index is 13.9. The number of aromatic nitrogens is 4. The molecule has 3 aromatic heterocycles. The van der Waals surface area contributed by atoms with E-state index in [0.29, 0.717) is 80.6 Å². The summed E-state index contributed by atoms with van der Waals surface area (Å²) < 4.78 is 8.00. The van der Waals surface area contributed by atoms with Crippen molar-refractivity contribution in [1.82, 2.24) is 39.5 Å². The van der Waals surface area contributed by atoms with E-state index in [1.165, 1.54) is 0 Å². The third-order valence-corrected chi connectivity index (χ3v) is 14.2. The molecule has 5 aliphatic rings. The minimum atomic E-state index is -1.05. The Balaban J connectivity index is 0.805. The fraction of sp³-hybridized carbons (Fsp3) is 0.408. The van der Waals surface area contributed by atoms with Crippen LogP contribution < -0.4 is 10.2 Å². The molecule has 1 N–H and O–H groups in total. The van der Waals surface area contributed by atoms with E-state index in [1.54, 1.807) is 19.2 Å². The first kappa shape index (κ1) is 42.2. The maximum atomic E-state index is 13.9. The van der Waals surface area contributed by atoms with Crippen molar-refractivity contribution in [1.29, 1.82) is 0 Å². The zero-order valence-corrected chi connectivity index (χ0v) is 36.6. The van der Waals surface area contributed by atoms with E-state index in [1.807, 2.05) is 59.3 Å². The van der Waals surface area contributed by atoms with Crippen molar-refractivity contribution < 1.29 is 33.5 Å². The molecular formula is C49H51N9O7. The van der Waals surface area contributed by atoms with Crippen LogP contribution >= 0.6 is 0 Å². The lowest BCUT2D eigenvalue weighted by molar-refractivity contribution is -0.139. The zero-order chi connectivity index (χ0) is 45.0. The summed E-state index contributed by atoms with van der Waals surface area (Å²) in [5, 5.41) is 4.20. The Morgan fingerprint density at radius 3 is 2.42 bits per heavy atom. The average molecular weight is 878 g/mol. The summed E-state index contributed by atoms with van der Waals surface area (Å²) in [6.45, 7) is 9.27. The monoisotopic (exact) mass is 877 g/mol. The zero-order valence-electron chi connectivity index (χ0n) is 36.6. The van der Waals surface area contributed by atoms with E-state index in [9.17, 15) is 28.8 Å². The van der Waals surface area contributed by atoms with Gasteiger partial charge in [0.05, 0.1) is 29.2 Å². The summed E-state index contributed by atoms with van der Waals surface area (Å²) in [5.74, 6) is -0.337. The largest absolute Gasteiger partial charge is 0.381 e. The quantitative estimate of drug-likeness (QED) is 0.166. The molecule has 6 amide bonds. The van der Waals surface area contributed by atoms with Crippen molar-refractivity contribution in [3.63, 3.8) is 0 Å². The van der Waals surface area contributed by atoms with Crippen LogP contribution in [0.15, 0.2) is 67.0 Å². The molecule has 16 nitrogen and oxygen atoms in total. The molecule has 5 aliphatic heterocycles. The highest BCUT2D eigenvalue weighted by molar-refractivity contribution is 6.10. The fourth-order valence-corrected chi connectivity index (χ4v) is 10.5. The summed E-state index contributed by atoms with van der Waals surface area (Å²) in [4.78, 5) is 98.2. The first-order valence-corrected chi connectivity index (χ1v) is 22.5. The molecule has 334 valence electrons. The van der Waals surface area contributed by atoms with Gasteiger partial charge in [0.1, 0.15) is 17.6 Å². The molecule has 2 aromatic carbocycles. The third kappa shape index (κ3) is 7.72. The van der Waals surface area contributed by atoms with Crippen LogP contribution in [-0.2, 0) is 37.0 Å². The molecule has 4 saturated heterocycles. The molecule has 65 heavy (non-hydrogen) atoms.